The molecular weight excluding hydrogens is 238 g/mol. The van der Waals surface area contributed by atoms with E-state index >= 15 is 0 Å². The van der Waals surface area contributed by atoms with Crippen LogP contribution in [0.3, 0.4) is 0 Å². The molecule has 0 unspecified atom stereocenters. The number of rotatable bonds is 1. The predicted molar refractivity (Wildman–Crippen MR) is 46.2 cm³/mol. The fraction of sp³-hybridized carbons (Fsp3) is 0.111. The second-order valence-electron chi connectivity index (χ2n) is 2.42. The zero-order valence-electron chi connectivity index (χ0n) is 6.60. The number of hydrogen-bond donors (Lipinski definition) is 0. The molecule has 4 heteroatoms. The fourth-order valence-electron chi connectivity index (χ4n) is 0.990. The maximum absolute atomic E-state index is 12.3. The van der Waals surface area contributed by atoms with Crippen molar-refractivity contribution < 1.29 is 13.2 Å². The first-order chi connectivity index (χ1) is 6.05. The van der Waals surface area contributed by atoms with E-state index in [1.54, 1.807) is 27.5 Å². The van der Waals surface area contributed by atoms with Crippen LogP contribution in [0.5, 0.6) is 0 Å². The molecular formula is C9H6F3Ge. The zero-order chi connectivity index (χ0) is 9.90. The molecule has 0 amide bonds. The van der Waals surface area contributed by atoms with Gasteiger partial charge in [0, 0.05) is 0 Å². The van der Waals surface area contributed by atoms with Gasteiger partial charge in [0.1, 0.15) is 0 Å². The Morgan fingerprint density at radius 1 is 1.15 bits per heavy atom. The van der Waals surface area contributed by atoms with E-state index in [0.717, 1.165) is 6.07 Å². The van der Waals surface area contributed by atoms with Gasteiger partial charge in [0.05, 0.1) is 0 Å². The van der Waals surface area contributed by atoms with Crippen molar-refractivity contribution >= 4 is 22.6 Å². The minimum absolute atomic E-state index is 0.206. The Hall–Kier alpha value is -0.707. The molecule has 1 rings (SSSR count). The van der Waals surface area contributed by atoms with Crippen molar-refractivity contribution in [2.45, 2.75) is 6.18 Å². The molecule has 0 aliphatic rings. The third kappa shape index (κ3) is 2.62. The molecule has 1 aromatic rings. The molecule has 0 atom stereocenters. The summed E-state index contributed by atoms with van der Waals surface area (Å²) >= 11 is 1.69. The molecule has 3 radical (unpaired) electrons. The number of alkyl halides is 3. The number of benzene rings is 1. The second-order valence-corrected chi connectivity index (χ2v) is 3.12. The van der Waals surface area contributed by atoms with Gasteiger partial charge in [-0.1, -0.05) is 0 Å². The average Bonchev–Trinajstić information content (AvgIpc) is 2.04. The van der Waals surface area contributed by atoms with E-state index in [1.807, 2.05) is 0 Å². The Kier molecular flexibility index (Phi) is 3.19. The van der Waals surface area contributed by atoms with Gasteiger partial charge < -0.3 is 0 Å². The summed E-state index contributed by atoms with van der Waals surface area (Å²) in [6.45, 7) is 0. The summed E-state index contributed by atoms with van der Waals surface area (Å²) in [5, 5.41) is 0. The van der Waals surface area contributed by atoms with Gasteiger partial charge >= 0.3 is 82.2 Å². The van der Waals surface area contributed by atoms with Gasteiger partial charge in [-0.3, -0.25) is 0 Å². The van der Waals surface area contributed by atoms with E-state index in [2.05, 4.69) is 0 Å². The van der Waals surface area contributed by atoms with Gasteiger partial charge in [0.2, 0.25) is 0 Å². The molecule has 0 fully saturated rings. The molecule has 0 heterocycles. The molecule has 0 aliphatic carbocycles. The first kappa shape index (κ1) is 10.4. The van der Waals surface area contributed by atoms with Gasteiger partial charge in [-0.25, -0.2) is 0 Å². The Morgan fingerprint density at radius 3 is 2.31 bits per heavy atom. The summed E-state index contributed by atoms with van der Waals surface area (Å²) < 4.78 is 37.0. The Balaban J connectivity index is 3.20. The van der Waals surface area contributed by atoms with Crippen LogP contribution in [0, 0.1) is 0 Å². The van der Waals surface area contributed by atoms with Gasteiger partial charge in [0.25, 0.3) is 0 Å². The average molecular weight is 244 g/mol. The molecule has 0 nitrogen and oxygen atoms in total. The molecule has 1 aromatic carbocycles. The third-order valence-corrected chi connectivity index (χ3v) is 1.88. The van der Waals surface area contributed by atoms with Crippen molar-refractivity contribution in [1.82, 2.24) is 0 Å². The van der Waals surface area contributed by atoms with Crippen LogP contribution in [0.2, 0.25) is 0 Å². The molecule has 13 heavy (non-hydrogen) atoms. The zero-order valence-corrected chi connectivity index (χ0v) is 8.70. The fourth-order valence-corrected chi connectivity index (χ4v) is 1.37. The number of halogens is 3. The first-order valence-corrected chi connectivity index (χ1v) is 4.77. The van der Waals surface area contributed by atoms with Crippen LogP contribution >= 0.6 is 0 Å². The van der Waals surface area contributed by atoms with E-state index in [1.165, 1.54) is 18.2 Å². The van der Waals surface area contributed by atoms with Crippen molar-refractivity contribution in [3.05, 3.63) is 40.3 Å². The quantitative estimate of drug-likeness (QED) is 0.666. The molecule has 67 valence electrons. The van der Waals surface area contributed by atoms with Crippen LogP contribution in [-0.4, -0.2) is 16.5 Å². The van der Waals surface area contributed by atoms with Crippen molar-refractivity contribution in [2.75, 3.05) is 0 Å². The van der Waals surface area contributed by atoms with Crippen LogP contribution in [-0.2, 0) is 6.18 Å². The first-order valence-electron chi connectivity index (χ1n) is 3.55. The van der Waals surface area contributed by atoms with Crippen molar-refractivity contribution in [3.8, 4) is 0 Å². The third-order valence-electron chi connectivity index (χ3n) is 1.53. The molecule has 0 N–H and O–H groups in total. The SMILES string of the molecule is FC(F)(F)c1ccccc1C=[CH][Ge]. The van der Waals surface area contributed by atoms with Crippen LogP contribution in [0.1, 0.15) is 11.1 Å². The van der Waals surface area contributed by atoms with Crippen molar-refractivity contribution in [2.24, 2.45) is 0 Å². The molecule has 0 saturated carbocycles. The van der Waals surface area contributed by atoms with Crippen LogP contribution < -0.4 is 0 Å². The van der Waals surface area contributed by atoms with Gasteiger partial charge in [-0.05, 0) is 0 Å². The standard InChI is InChI=1S/C9H6F3Ge/c10-9(11,12)8-4-2-1-3-7(8)5-6-13/h1-6H. The van der Waals surface area contributed by atoms with E-state index in [-0.39, 0.29) is 5.56 Å². The summed E-state index contributed by atoms with van der Waals surface area (Å²) in [7, 11) is 0. The number of hydrogen-bond acceptors (Lipinski definition) is 0. The predicted octanol–water partition coefficient (Wildman–Crippen LogP) is 2.84. The topological polar surface area (TPSA) is 0 Å². The molecule has 0 bridgehead atoms. The normalized spacial score (nSPS) is 12.3. The monoisotopic (exact) mass is 245 g/mol. The minimum atomic E-state index is -4.27. The summed E-state index contributed by atoms with van der Waals surface area (Å²) in [6.07, 6.45) is -2.82. The van der Waals surface area contributed by atoms with Crippen molar-refractivity contribution in [1.29, 1.82) is 0 Å². The summed E-state index contributed by atoms with van der Waals surface area (Å²) in [6, 6.07) is 5.50. The molecule has 0 saturated heterocycles. The molecule has 0 spiro atoms. The Bertz CT molecular complexity index is 315. The van der Waals surface area contributed by atoms with E-state index in [9.17, 15) is 13.2 Å². The van der Waals surface area contributed by atoms with E-state index in [4.69, 9.17) is 0 Å². The van der Waals surface area contributed by atoms with Crippen molar-refractivity contribution in [3.63, 3.8) is 0 Å². The van der Waals surface area contributed by atoms with E-state index in [0.29, 0.717) is 0 Å². The summed E-state index contributed by atoms with van der Waals surface area (Å²) in [5.74, 6) is 0. The molecule has 0 aliphatic heterocycles. The second kappa shape index (κ2) is 4.00. The van der Waals surface area contributed by atoms with E-state index < -0.39 is 11.7 Å². The Morgan fingerprint density at radius 2 is 1.77 bits per heavy atom. The summed E-state index contributed by atoms with van der Waals surface area (Å²) in [5.41, 5.74) is -0.384. The van der Waals surface area contributed by atoms with Gasteiger partial charge in [-0.2, -0.15) is 0 Å². The van der Waals surface area contributed by atoms with Gasteiger partial charge in [-0.15, -0.1) is 0 Å². The van der Waals surface area contributed by atoms with Crippen LogP contribution in [0.15, 0.2) is 29.2 Å². The Labute approximate surface area is 82.7 Å². The maximum atomic E-state index is 12.3. The summed E-state index contributed by atoms with van der Waals surface area (Å²) in [4.78, 5) is 1.59. The molecule has 0 aromatic heterocycles. The van der Waals surface area contributed by atoms with Crippen LogP contribution in [0.25, 0.3) is 6.08 Å². The van der Waals surface area contributed by atoms with Crippen LogP contribution in [0.4, 0.5) is 13.2 Å². The van der Waals surface area contributed by atoms with Gasteiger partial charge in [0.15, 0.2) is 0 Å².